The van der Waals surface area contributed by atoms with Crippen LogP contribution in [0.15, 0.2) is 24.3 Å². The number of nitrogens with zero attached hydrogens (tertiary/aromatic N) is 1. The lowest BCUT2D eigenvalue weighted by atomic mass is 10.1. The normalized spacial score (nSPS) is 12.4. The molecule has 21 heavy (non-hydrogen) atoms. The number of rotatable bonds is 9. The summed E-state index contributed by atoms with van der Waals surface area (Å²) in [5, 5.41) is 12.1. The predicted molar refractivity (Wildman–Crippen MR) is 85.2 cm³/mol. The molecule has 0 saturated heterocycles. The highest BCUT2D eigenvalue weighted by atomic mass is 16.3. The molecule has 0 heterocycles. The zero-order chi connectivity index (χ0) is 15.7. The summed E-state index contributed by atoms with van der Waals surface area (Å²) in [6.45, 7) is 7.77. The number of phenolic OH excluding ortho intramolecular Hbond substituents is 1. The fourth-order valence-corrected chi connectivity index (χ4v) is 2.19. The molecule has 1 amide bonds. The predicted octanol–water partition coefficient (Wildman–Crippen LogP) is 1.11. The van der Waals surface area contributed by atoms with E-state index in [0.29, 0.717) is 13.0 Å². The van der Waals surface area contributed by atoms with E-state index in [1.165, 1.54) is 0 Å². The van der Waals surface area contributed by atoms with Gasteiger partial charge in [0.25, 0.3) is 0 Å². The molecule has 0 aliphatic heterocycles. The molecule has 1 aromatic carbocycles. The molecule has 1 unspecified atom stereocenters. The highest BCUT2D eigenvalue weighted by molar-refractivity contribution is 5.81. The SMILES string of the molecule is CCCN(CC)CCNC(=O)C(N)Cc1ccc(O)cc1. The second-order valence-corrected chi connectivity index (χ2v) is 5.20. The minimum Gasteiger partial charge on any atom is -0.508 e. The number of likely N-dealkylation sites (N-methyl/N-ethyl adjacent to an activating group) is 1. The zero-order valence-corrected chi connectivity index (χ0v) is 13.0. The van der Waals surface area contributed by atoms with Crippen LogP contribution in [0, 0.1) is 0 Å². The van der Waals surface area contributed by atoms with E-state index in [4.69, 9.17) is 5.73 Å². The molecule has 1 atom stereocenters. The van der Waals surface area contributed by atoms with E-state index in [-0.39, 0.29) is 11.7 Å². The first kappa shape index (κ1) is 17.5. The second-order valence-electron chi connectivity index (χ2n) is 5.20. The number of nitrogens with two attached hydrogens (primary N) is 1. The van der Waals surface area contributed by atoms with Gasteiger partial charge in [-0.05, 0) is 43.6 Å². The molecule has 118 valence electrons. The van der Waals surface area contributed by atoms with E-state index in [0.717, 1.165) is 31.6 Å². The number of phenols is 1. The Morgan fingerprint density at radius 3 is 2.52 bits per heavy atom. The van der Waals surface area contributed by atoms with Crippen LogP contribution in [0.5, 0.6) is 5.75 Å². The van der Waals surface area contributed by atoms with Gasteiger partial charge in [-0.25, -0.2) is 0 Å². The number of amides is 1. The van der Waals surface area contributed by atoms with Gasteiger partial charge in [-0.2, -0.15) is 0 Å². The Labute approximate surface area is 127 Å². The molecule has 0 aromatic heterocycles. The van der Waals surface area contributed by atoms with Gasteiger partial charge in [0.15, 0.2) is 0 Å². The zero-order valence-electron chi connectivity index (χ0n) is 13.0. The highest BCUT2D eigenvalue weighted by Gasteiger charge is 2.13. The van der Waals surface area contributed by atoms with Gasteiger partial charge in [-0.1, -0.05) is 26.0 Å². The van der Waals surface area contributed by atoms with E-state index in [1.54, 1.807) is 24.3 Å². The van der Waals surface area contributed by atoms with Crippen molar-refractivity contribution in [1.29, 1.82) is 0 Å². The number of hydrogen-bond donors (Lipinski definition) is 3. The molecule has 5 nitrogen and oxygen atoms in total. The lowest BCUT2D eigenvalue weighted by Gasteiger charge is -2.20. The maximum atomic E-state index is 11.9. The molecule has 0 fully saturated rings. The summed E-state index contributed by atoms with van der Waals surface area (Å²) in [7, 11) is 0. The summed E-state index contributed by atoms with van der Waals surface area (Å²) in [5.41, 5.74) is 6.85. The first-order chi connectivity index (χ1) is 10.1. The topological polar surface area (TPSA) is 78.6 Å². The maximum absolute atomic E-state index is 11.9. The third-order valence-electron chi connectivity index (χ3n) is 3.44. The number of hydrogen-bond acceptors (Lipinski definition) is 4. The fraction of sp³-hybridized carbons (Fsp3) is 0.562. The quantitative estimate of drug-likeness (QED) is 0.637. The fourth-order valence-electron chi connectivity index (χ4n) is 2.19. The van der Waals surface area contributed by atoms with Crippen LogP contribution in [0.25, 0.3) is 0 Å². The first-order valence-corrected chi connectivity index (χ1v) is 7.60. The summed E-state index contributed by atoms with van der Waals surface area (Å²) in [6, 6.07) is 6.20. The van der Waals surface area contributed by atoms with Crippen molar-refractivity contribution in [3.63, 3.8) is 0 Å². The van der Waals surface area contributed by atoms with Crippen molar-refractivity contribution >= 4 is 5.91 Å². The Balaban J connectivity index is 2.32. The van der Waals surface area contributed by atoms with Gasteiger partial charge in [0.05, 0.1) is 6.04 Å². The van der Waals surface area contributed by atoms with E-state index in [2.05, 4.69) is 24.1 Å². The van der Waals surface area contributed by atoms with Crippen LogP contribution in [0.2, 0.25) is 0 Å². The van der Waals surface area contributed by atoms with E-state index < -0.39 is 6.04 Å². The Morgan fingerprint density at radius 2 is 1.95 bits per heavy atom. The standard InChI is InChI=1S/C16H27N3O2/c1-3-10-19(4-2)11-9-18-16(21)15(17)12-13-5-7-14(20)8-6-13/h5-8,15,20H,3-4,9-12,17H2,1-2H3,(H,18,21). The van der Waals surface area contributed by atoms with Gasteiger partial charge in [-0.3, -0.25) is 4.79 Å². The van der Waals surface area contributed by atoms with Gasteiger partial charge < -0.3 is 21.1 Å². The van der Waals surface area contributed by atoms with Crippen molar-refractivity contribution < 1.29 is 9.90 Å². The molecule has 4 N–H and O–H groups in total. The monoisotopic (exact) mass is 293 g/mol. The highest BCUT2D eigenvalue weighted by Crippen LogP contribution is 2.10. The average molecular weight is 293 g/mol. The van der Waals surface area contributed by atoms with Gasteiger partial charge in [0, 0.05) is 13.1 Å². The number of nitrogens with one attached hydrogen (secondary N) is 1. The van der Waals surface area contributed by atoms with Gasteiger partial charge >= 0.3 is 0 Å². The van der Waals surface area contributed by atoms with Crippen LogP contribution in [0.4, 0.5) is 0 Å². The lowest BCUT2D eigenvalue weighted by Crippen LogP contribution is -2.44. The summed E-state index contributed by atoms with van der Waals surface area (Å²) in [6.07, 6.45) is 1.58. The van der Waals surface area contributed by atoms with Gasteiger partial charge in [-0.15, -0.1) is 0 Å². The van der Waals surface area contributed by atoms with Crippen molar-refractivity contribution in [2.75, 3.05) is 26.2 Å². The van der Waals surface area contributed by atoms with Crippen LogP contribution in [-0.2, 0) is 11.2 Å². The Morgan fingerprint density at radius 1 is 1.29 bits per heavy atom. The number of carbonyl (C=O) groups excluding carboxylic acids is 1. The molecule has 0 bridgehead atoms. The average Bonchev–Trinajstić information content (AvgIpc) is 2.48. The van der Waals surface area contributed by atoms with Crippen molar-refractivity contribution in [1.82, 2.24) is 10.2 Å². The number of aromatic hydroxyl groups is 1. The summed E-state index contributed by atoms with van der Waals surface area (Å²) in [4.78, 5) is 14.2. The minimum absolute atomic E-state index is 0.129. The minimum atomic E-state index is -0.559. The molecule has 1 rings (SSSR count). The first-order valence-electron chi connectivity index (χ1n) is 7.60. The Bertz CT molecular complexity index is 420. The van der Waals surface area contributed by atoms with Crippen LogP contribution in [0.1, 0.15) is 25.8 Å². The number of carbonyl (C=O) groups is 1. The third kappa shape index (κ3) is 6.60. The smallest absolute Gasteiger partial charge is 0.237 e. The van der Waals surface area contributed by atoms with Crippen LogP contribution in [-0.4, -0.2) is 48.1 Å². The van der Waals surface area contributed by atoms with Crippen molar-refractivity contribution in [3.8, 4) is 5.75 Å². The largest absolute Gasteiger partial charge is 0.508 e. The van der Waals surface area contributed by atoms with Crippen molar-refractivity contribution in [3.05, 3.63) is 29.8 Å². The second kappa shape index (κ2) is 9.37. The van der Waals surface area contributed by atoms with Crippen LogP contribution < -0.4 is 11.1 Å². The van der Waals surface area contributed by atoms with Crippen molar-refractivity contribution in [2.24, 2.45) is 5.73 Å². The molecule has 0 spiro atoms. The molecule has 0 radical (unpaired) electrons. The van der Waals surface area contributed by atoms with Gasteiger partial charge in [0.1, 0.15) is 5.75 Å². The summed E-state index contributed by atoms with van der Waals surface area (Å²) >= 11 is 0. The molecule has 0 saturated carbocycles. The number of benzene rings is 1. The molecule has 1 aromatic rings. The van der Waals surface area contributed by atoms with Crippen molar-refractivity contribution in [2.45, 2.75) is 32.7 Å². The summed E-state index contributed by atoms with van der Waals surface area (Å²) < 4.78 is 0. The summed E-state index contributed by atoms with van der Waals surface area (Å²) in [5.74, 6) is 0.0861. The van der Waals surface area contributed by atoms with E-state index >= 15 is 0 Å². The van der Waals surface area contributed by atoms with E-state index in [1.807, 2.05) is 0 Å². The van der Waals surface area contributed by atoms with Gasteiger partial charge in [0.2, 0.25) is 5.91 Å². The molecular weight excluding hydrogens is 266 g/mol. The Kier molecular flexibility index (Phi) is 7.79. The maximum Gasteiger partial charge on any atom is 0.237 e. The molecule has 0 aliphatic carbocycles. The third-order valence-corrected chi connectivity index (χ3v) is 3.44. The lowest BCUT2D eigenvalue weighted by molar-refractivity contribution is -0.122. The van der Waals surface area contributed by atoms with Crippen LogP contribution >= 0.6 is 0 Å². The molecule has 0 aliphatic rings. The van der Waals surface area contributed by atoms with E-state index in [9.17, 15) is 9.90 Å². The molecule has 5 heteroatoms. The molecular formula is C16H27N3O2. The Hall–Kier alpha value is -1.59. The van der Waals surface area contributed by atoms with Crippen LogP contribution in [0.3, 0.4) is 0 Å².